The number of non-ortho nitro benzene ring substituents is 1. The average Bonchev–Trinajstić information content (AvgIpc) is 3.14. The number of amides is 1. The number of aliphatic hydroxyl groups is 2. The number of carbonyl (C=O) groups excluding carboxylic acids is 1. The molecule has 13 nitrogen and oxygen atoms in total. The van der Waals surface area contributed by atoms with Gasteiger partial charge in [-0.3, -0.25) is 10.1 Å². The van der Waals surface area contributed by atoms with E-state index in [9.17, 15) is 25.1 Å². The number of hydrogen-bond donors (Lipinski definition) is 2. The molecule has 1 heterocycles. The van der Waals surface area contributed by atoms with Crippen molar-refractivity contribution in [3.63, 3.8) is 0 Å². The number of ether oxygens (including phenoxy) is 4. The molecule has 0 spiro atoms. The molecule has 2 aromatic rings. The smallest absolute Gasteiger partial charge is 0.410 e. The van der Waals surface area contributed by atoms with Gasteiger partial charge in [-0.25, -0.2) is 4.79 Å². The highest BCUT2D eigenvalue weighted by atomic mass is 35.5. The van der Waals surface area contributed by atoms with Crippen LogP contribution < -0.4 is 9.47 Å². The molecule has 2 aromatic carbocycles. The minimum Gasteiger partial charge on any atom is -0.459 e. The largest absolute Gasteiger partial charge is 0.459 e. The van der Waals surface area contributed by atoms with Crippen molar-refractivity contribution in [2.24, 2.45) is 22.9 Å². The first-order valence-corrected chi connectivity index (χ1v) is 18.3. The maximum atomic E-state index is 13.5. The summed E-state index contributed by atoms with van der Waals surface area (Å²) < 4.78 is 25.5. The van der Waals surface area contributed by atoms with Crippen LogP contribution in [0, 0.1) is 27.9 Å². The monoisotopic (exact) mass is 741 g/mol. The van der Waals surface area contributed by atoms with Gasteiger partial charge < -0.3 is 38.9 Å². The number of nitro benzene ring substituents is 1. The normalized spacial score (nSPS) is 25.2. The van der Waals surface area contributed by atoms with Gasteiger partial charge in [-0.15, -0.1) is 18.2 Å². The summed E-state index contributed by atoms with van der Waals surface area (Å²) in [5.41, 5.74) is 2.29. The van der Waals surface area contributed by atoms with E-state index >= 15 is 0 Å². The van der Waals surface area contributed by atoms with Crippen molar-refractivity contribution in [3.05, 3.63) is 82.4 Å². The summed E-state index contributed by atoms with van der Waals surface area (Å²) in [6.45, 7) is 4.20. The molecule has 282 valence electrons. The highest BCUT2D eigenvalue weighted by Gasteiger charge is 2.65. The van der Waals surface area contributed by atoms with Crippen LogP contribution in [0.4, 0.5) is 10.5 Å². The molecule has 14 heteroatoms. The van der Waals surface area contributed by atoms with Crippen molar-refractivity contribution in [3.8, 4) is 17.2 Å². The Hall–Kier alpha value is -4.17. The van der Waals surface area contributed by atoms with Crippen molar-refractivity contribution < 1.29 is 43.7 Å². The van der Waals surface area contributed by atoms with Crippen LogP contribution in [0.3, 0.4) is 0 Å². The number of aliphatic hydroxyl groups excluding tert-OH is 2. The van der Waals surface area contributed by atoms with Crippen LogP contribution in [-0.2, 0) is 14.3 Å². The summed E-state index contributed by atoms with van der Waals surface area (Å²) >= 11 is 5.87. The molecule has 0 bridgehead atoms. The number of hydrogen-bond acceptors (Lipinski definition) is 11. The van der Waals surface area contributed by atoms with Gasteiger partial charge in [0.05, 0.1) is 35.1 Å². The molecule has 0 radical (unpaired) electrons. The molecule has 6 atom stereocenters. The fourth-order valence-electron chi connectivity index (χ4n) is 8.05. The standard InChI is InChI=1S/C38H48ClN3O10/c1-4-19-50-38-34(41(2)37(45)49-20-16-39)24-32(40-48-3)30-21-25(10-5-7-17-43)29(13-6-8-18-44)35(36(30)38)31-23-28(14-15-33(31)52-38)51-27-12-9-11-26(22-27)42(46)47/h4,9,11-12,14-15,21-23,25,29,34-36,43-44H,1,5-8,10,13,16-20,24H2,2-3H3. The first-order chi connectivity index (χ1) is 25.2. The van der Waals surface area contributed by atoms with E-state index in [0.717, 1.165) is 36.8 Å². The summed E-state index contributed by atoms with van der Waals surface area (Å²) in [7, 11) is 3.13. The van der Waals surface area contributed by atoms with E-state index in [4.69, 9.17) is 35.4 Å². The van der Waals surface area contributed by atoms with E-state index in [2.05, 4.69) is 17.8 Å². The molecule has 1 saturated carbocycles. The summed E-state index contributed by atoms with van der Waals surface area (Å²) in [4.78, 5) is 31.4. The minimum absolute atomic E-state index is 0.0115. The van der Waals surface area contributed by atoms with Gasteiger partial charge in [0.15, 0.2) is 0 Å². The van der Waals surface area contributed by atoms with Gasteiger partial charge in [-0.1, -0.05) is 36.2 Å². The zero-order valence-electron chi connectivity index (χ0n) is 29.7. The zero-order valence-corrected chi connectivity index (χ0v) is 30.4. The lowest BCUT2D eigenvalue weighted by Crippen LogP contribution is -2.69. The van der Waals surface area contributed by atoms with Crippen LogP contribution in [0.15, 0.2) is 71.9 Å². The molecule has 5 rings (SSSR count). The molecule has 2 aliphatic carbocycles. The van der Waals surface area contributed by atoms with E-state index in [1.54, 1.807) is 31.3 Å². The zero-order chi connectivity index (χ0) is 37.3. The van der Waals surface area contributed by atoms with Gasteiger partial charge in [0, 0.05) is 44.2 Å². The lowest BCUT2D eigenvalue weighted by atomic mass is 9.55. The number of oxime groups is 1. The molecule has 0 saturated heterocycles. The quantitative estimate of drug-likeness (QED) is 0.0537. The first kappa shape index (κ1) is 39.0. The molecule has 2 N–H and O–H groups in total. The van der Waals surface area contributed by atoms with E-state index < -0.39 is 28.8 Å². The SMILES string of the molecule is C=CCOC12Oc3ccc(Oc4cccc([N+](=O)[O-])c4)cc3C3C(CCCCO)C(CCCCO)C=C(C(=NOC)CC1N(C)C(=O)OCCCl)C32. The topological polar surface area (TPSA) is 162 Å². The molecule has 0 aromatic heterocycles. The second kappa shape index (κ2) is 18.0. The lowest BCUT2D eigenvalue weighted by molar-refractivity contribution is -0.384. The lowest BCUT2D eigenvalue weighted by Gasteiger charge is -2.59. The molecule has 6 unspecified atom stereocenters. The van der Waals surface area contributed by atoms with Crippen molar-refractivity contribution >= 4 is 29.1 Å². The fraction of sp³-hybridized carbons (Fsp3) is 0.526. The van der Waals surface area contributed by atoms with Gasteiger partial charge in [0.25, 0.3) is 5.69 Å². The predicted molar refractivity (Wildman–Crippen MR) is 195 cm³/mol. The summed E-state index contributed by atoms with van der Waals surface area (Å²) in [6.07, 6.45) is 7.91. The summed E-state index contributed by atoms with van der Waals surface area (Å²) in [5, 5.41) is 35.5. The van der Waals surface area contributed by atoms with E-state index in [-0.39, 0.29) is 62.2 Å². The van der Waals surface area contributed by atoms with Crippen molar-refractivity contribution in [2.75, 3.05) is 46.5 Å². The molecule has 1 aliphatic heterocycles. The fourth-order valence-corrected chi connectivity index (χ4v) is 8.13. The van der Waals surface area contributed by atoms with E-state index in [1.807, 2.05) is 12.1 Å². The van der Waals surface area contributed by atoms with Crippen LogP contribution >= 0.6 is 11.6 Å². The second-order valence-corrected chi connectivity index (χ2v) is 13.6. The van der Waals surface area contributed by atoms with Crippen LogP contribution in [0.25, 0.3) is 0 Å². The Morgan fingerprint density at radius 2 is 1.90 bits per heavy atom. The van der Waals surface area contributed by atoms with Crippen molar-refractivity contribution in [1.82, 2.24) is 4.90 Å². The number of allylic oxidation sites excluding steroid dienone is 1. The van der Waals surface area contributed by atoms with E-state index in [0.29, 0.717) is 35.8 Å². The number of halogens is 1. The van der Waals surface area contributed by atoms with Crippen molar-refractivity contribution in [1.29, 1.82) is 0 Å². The molecule has 52 heavy (non-hydrogen) atoms. The number of nitrogens with zero attached hydrogens (tertiary/aromatic N) is 3. The molecule has 3 aliphatic rings. The maximum Gasteiger partial charge on any atom is 0.410 e. The van der Waals surface area contributed by atoms with E-state index in [1.165, 1.54) is 24.1 Å². The van der Waals surface area contributed by atoms with Gasteiger partial charge in [-0.05, 0) is 67.4 Å². The third kappa shape index (κ3) is 8.22. The Morgan fingerprint density at radius 1 is 1.15 bits per heavy atom. The molecule has 1 fully saturated rings. The Kier molecular flexibility index (Phi) is 13.6. The van der Waals surface area contributed by atoms with Crippen LogP contribution in [0.5, 0.6) is 17.2 Å². The number of nitro groups is 1. The van der Waals surface area contributed by atoms with Gasteiger partial charge in [0.1, 0.15) is 37.0 Å². The third-order valence-corrected chi connectivity index (χ3v) is 10.3. The molecular formula is C38H48ClN3O10. The minimum atomic E-state index is -1.42. The summed E-state index contributed by atoms with van der Waals surface area (Å²) in [6, 6.07) is 10.7. The number of alkyl halides is 1. The van der Waals surface area contributed by atoms with Crippen LogP contribution in [-0.4, -0.2) is 90.1 Å². The molecular weight excluding hydrogens is 694 g/mol. The van der Waals surface area contributed by atoms with Crippen LogP contribution in [0.2, 0.25) is 0 Å². The number of benzene rings is 2. The second-order valence-electron chi connectivity index (χ2n) is 13.2. The highest BCUT2D eigenvalue weighted by Crippen LogP contribution is 2.62. The average molecular weight is 742 g/mol. The number of fused-ring (bicyclic) bond motifs is 2. The van der Waals surface area contributed by atoms with Gasteiger partial charge >= 0.3 is 6.09 Å². The number of unbranched alkanes of at least 4 members (excludes halogenated alkanes) is 2. The number of rotatable bonds is 18. The number of carbonyl (C=O) groups is 1. The Balaban J connectivity index is 1.73. The van der Waals surface area contributed by atoms with Crippen molar-refractivity contribution in [2.45, 2.75) is 62.7 Å². The first-order valence-electron chi connectivity index (χ1n) is 17.7. The van der Waals surface area contributed by atoms with Gasteiger partial charge in [0.2, 0.25) is 5.79 Å². The molecule has 1 amide bonds. The van der Waals surface area contributed by atoms with Crippen LogP contribution in [0.1, 0.15) is 56.4 Å². The Morgan fingerprint density at radius 3 is 2.60 bits per heavy atom. The predicted octanol–water partition coefficient (Wildman–Crippen LogP) is 6.96. The number of likely N-dealkylation sites (N-methyl/N-ethyl adjacent to an activating group) is 1. The Bertz CT molecular complexity index is 1640. The summed E-state index contributed by atoms with van der Waals surface area (Å²) in [5.74, 6) is -0.684. The maximum absolute atomic E-state index is 13.5. The Labute approximate surface area is 308 Å². The third-order valence-electron chi connectivity index (χ3n) is 10.2. The highest BCUT2D eigenvalue weighted by molar-refractivity contribution is 6.18. The van der Waals surface area contributed by atoms with Gasteiger partial charge in [-0.2, -0.15) is 0 Å².